The van der Waals surface area contributed by atoms with Gasteiger partial charge in [-0.2, -0.15) is 0 Å². The van der Waals surface area contributed by atoms with Gasteiger partial charge in [-0.05, 0) is 43.3 Å². The largest absolute Gasteiger partial charge is 0.483 e. The lowest BCUT2D eigenvalue weighted by Crippen LogP contribution is -2.04. The van der Waals surface area contributed by atoms with E-state index in [9.17, 15) is 0 Å². The van der Waals surface area contributed by atoms with Gasteiger partial charge in [0.15, 0.2) is 6.10 Å². The molecule has 0 saturated heterocycles. The Morgan fingerprint density at radius 1 is 1.10 bits per heavy atom. The quantitative estimate of drug-likeness (QED) is 0.738. The molecule has 1 N–H and O–H groups in total. The van der Waals surface area contributed by atoms with Crippen LogP contribution >= 0.6 is 23.2 Å². The van der Waals surface area contributed by atoms with Crippen LogP contribution in [0.4, 0.5) is 0 Å². The average molecular weight is 307 g/mol. The Kier molecular flexibility index (Phi) is 3.55. The van der Waals surface area contributed by atoms with Crippen molar-refractivity contribution in [3.63, 3.8) is 0 Å². The Hall–Kier alpha value is -1.71. The fourth-order valence-corrected chi connectivity index (χ4v) is 2.35. The highest BCUT2D eigenvalue weighted by atomic mass is 35.5. The van der Waals surface area contributed by atoms with Crippen molar-refractivity contribution in [2.45, 2.75) is 13.0 Å². The zero-order valence-electron chi connectivity index (χ0n) is 10.7. The molecule has 20 heavy (non-hydrogen) atoms. The Morgan fingerprint density at radius 2 is 1.90 bits per heavy atom. The Balaban J connectivity index is 1.86. The van der Waals surface area contributed by atoms with Gasteiger partial charge in [0.2, 0.25) is 0 Å². The summed E-state index contributed by atoms with van der Waals surface area (Å²) in [6.07, 6.45) is -0.209. The number of halogens is 2. The van der Waals surface area contributed by atoms with Gasteiger partial charge < -0.3 is 9.72 Å². The first-order valence-corrected chi connectivity index (χ1v) is 6.95. The number of nitrogens with zero attached hydrogens (tertiary/aromatic N) is 1. The maximum atomic E-state index is 5.96. The molecule has 1 atom stereocenters. The van der Waals surface area contributed by atoms with Gasteiger partial charge in [0.25, 0.3) is 0 Å². The van der Waals surface area contributed by atoms with Gasteiger partial charge in [-0.15, -0.1) is 0 Å². The number of aromatic amines is 1. The number of fused-ring (bicyclic) bond motifs is 1. The molecule has 0 amide bonds. The molecule has 1 heterocycles. The second-order valence-electron chi connectivity index (χ2n) is 4.50. The second-order valence-corrected chi connectivity index (χ2v) is 5.37. The van der Waals surface area contributed by atoms with Crippen molar-refractivity contribution in [1.29, 1.82) is 0 Å². The molecule has 0 radical (unpaired) electrons. The first-order valence-electron chi connectivity index (χ1n) is 6.19. The van der Waals surface area contributed by atoms with Gasteiger partial charge in [-0.1, -0.05) is 29.3 Å². The summed E-state index contributed by atoms with van der Waals surface area (Å²) in [6, 6.07) is 12.8. The number of aromatic nitrogens is 2. The van der Waals surface area contributed by atoms with E-state index in [1.165, 1.54) is 0 Å². The molecule has 2 aromatic carbocycles. The van der Waals surface area contributed by atoms with Crippen LogP contribution in [0.5, 0.6) is 5.75 Å². The summed E-state index contributed by atoms with van der Waals surface area (Å²) in [6.45, 7) is 1.93. The fourth-order valence-electron chi connectivity index (χ4n) is 1.99. The van der Waals surface area contributed by atoms with Crippen molar-refractivity contribution in [3.8, 4) is 5.75 Å². The molecule has 0 bridgehead atoms. The summed E-state index contributed by atoms with van der Waals surface area (Å²) in [4.78, 5) is 7.72. The summed E-state index contributed by atoms with van der Waals surface area (Å²) >= 11 is 11.9. The number of benzene rings is 2. The van der Waals surface area contributed by atoms with E-state index >= 15 is 0 Å². The molecule has 102 valence electrons. The minimum Gasteiger partial charge on any atom is -0.483 e. The van der Waals surface area contributed by atoms with E-state index in [0.717, 1.165) is 16.9 Å². The molecule has 3 nitrogen and oxygen atoms in total. The monoisotopic (exact) mass is 306 g/mol. The van der Waals surface area contributed by atoms with Crippen LogP contribution < -0.4 is 4.74 Å². The number of ether oxygens (including phenoxy) is 1. The normalized spacial score (nSPS) is 12.6. The van der Waals surface area contributed by atoms with Crippen LogP contribution in [-0.4, -0.2) is 9.97 Å². The van der Waals surface area contributed by atoms with Gasteiger partial charge in [-0.25, -0.2) is 4.98 Å². The van der Waals surface area contributed by atoms with Gasteiger partial charge in [0, 0.05) is 10.0 Å². The molecule has 0 fully saturated rings. The number of hydrogen-bond acceptors (Lipinski definition) is 2. The van der Waals surface area contributed by atoms with E-state index in [1.807, 2.05) is 43.3 Å². The lowest BCUT2D eigenvalue weighted by Gasteiger charge is -2.12. The van der Waals surface area contributed by atoms with Crippen molar-refractivity contribution < 1.29 is 4.74 Å². The molecule has 3 rings (SSSR count). The molecular formula is C15H12Cl2N2O. The minimum absolute atomic E-state index is 0.209. The molecule has 3 aromatic rings. The van der Waals surface area contributed by atoms with Crippen LogP contribution in [0.3, 0.4) is 0 Å². The summed E-state index contributed by atoms with van der Waals surface area (Å²) < 4.78 is 5.83. The van der Waals surface area contributed by atoms with Crippen LogP contribution in [-0.2, 0) is 0 Å². The zero-order valence-corrected chi connectivity index (χ0v) is 12.2. The Morgan fingerprint density at radius 3 is 2.70 bits per heavy atom. The van der Waals surface area contributed by atoms with Crippen molar-refractivity contribution in [1.82, 2.24) is 9.97 Å². The van der Waals surface area contributed by atoms with Crippen LogP contribution in [0, 0.1) is 0 Å². The van der Waals surface area contributed by atoms with Crippen LogP contribution in [0.2, 0.25) is 10.0 Å². The second kappa shape index (κ2) is 5.35. The molecular weight excluding hydrogens is 295 g/mol. The topological polar surface area (TPSA) is 37.9 Å². The molecule has 0 aliphatic rings. The van der Waals surface area contributed by atoms with Gasteiger partial charge in [0.1, 0.15) is 11.6 Å². The highest BCUT2D eigenvalue weighted by Gasteiger charge is 2.12. The Bertz CT molecular complexity index is 754. The van der Waals surface area contributed by atoms with E-state index in [2.05, 4.69) is 9.97 Å². The number of H-pyrrole nitrogens is 1. The minimum atomic E-state index is -0.209. The van der Waals surface area contributed by atoms with E-state index < -0.39 is 0 Å². The molecule has 0 aliphatic carbocycles. The highest BCUT2D eigenvalue weighted by Crippen LogP contribution is 2.25. The third-order valence-electron chi connectivity index (χ3n) is 2.96. The van der Waals surface area contributed by atoms with Crippen molar-refractivity contribution in [2.75, 3.05) is 0 Å². The first kappa shape index (κ1) is 13.3. The zero-order chi connectivity index (χ0) is 14.1. The molecule has 0 spiro atoms. The number of rotatable bonds is 3. The van der Waals surface area contributed by atoms with E-state index in [0.29, 0.717) is 15.8 Å². The van der Waals surface area contributed by atoms with E-state index in [4.69, 9.17) is 27.9 Å². The third kappa shape index (κ3) is 2.74. The van der Waals surface area contributed by atoms with Crippen molar-refractivity contribution in [2.24, 2.45) is 0 Å². The molecule has 5 heteroatoms. The van der Waals surface area contributed by atoms with Crippen LogP contribution in [0.15, 0.2) is 42.5 Å². The predicted octanol–water partition coefficient (Wildman–Crippen LogP) is 5.01. The van der Waals surface area contributed by atoms with Crippen LogP contribution in [0.25, 0.3) is 11.0 Å². The number of hydrogen-bond donors (Lipinski definition) is 1. The van der Waals surface area contributed by atoms with Gasteiger partial charge in [-0.3, -0.25) is 0 Å². The van der Waals surface area contributed by atoms with Crippen molar-refractivity contribution in [3.05, 3.63) is 58.3 Å². The molecule has 0 saturated carbocycles. The highest BCUT2D eigenvalue weighted by molar-refractivity contribution is 6.31. The third-order valence-corrected chi connectivity index (χ3v) is 3.43. The smallest absolute Gasteiger partial charge is 0.153 e. The molecule has 0 aliphatic heterocycles. The van der Waals surface area contributed by atoms with E-state index in [-0.39, 0.29) is 6.10 Å². The first-order chi connectivity index (χ1) is 9.61. The van der Waals surface area contributed by atoms with Gasteiger partial charge >= 0.3 is 0 Å². The number of imidazole rings is 1. The summed E-state index contributed by atoms with van der Waals surface area (Å²) in [5, 5.41) is 1.32. The summed E-state index contributed by atoms with van der Waals surface area (Å²) in [5.74, 6) is 1.46. The maximum Gasteiger partial charge on any atom is 0.153 e. The maximum absolute atomic E-state index is 5.96. The lowest BCUT2D eigenvalue weighted by molar-refractivity contribution is 0.218. The average Bonchev–Trinajstić information content (AvgIpc) is 2.81. The lowest BCUT2D eigenvalue weighted by atomic mass is 10.3. The van der Waals surface area contributed by atoms with E-state index in [1.54, 1.807) is 6.07 Å². The predicted molar refractivity (Wildman–Crippen MR) is 81.6 cm³/mol. The van der Waals surface area contributed by atoms with Crippen LogP contribution in [0.1, 0.15) is 18.9 Å². The molecule has 1 aromatic heterocycles. The SMILES string of the molecule is CC(Oc1cccc(Cl)c1)c1nc2ccc(Cl)cc2[nH]1. The molecule has 1 unspecified atom stereocenters. The standard InChI is InChI=1S/C15H12Cl2N2O/c1-9(20-12-4-2-3-10(16)7-12)15-18-13-6-5-11(17)8-14(13)19-15/h2-9H,1H3,(H,18,19). The Labute approximate surface area is 126 Å². The van der Waals surface area contributed by atoms with Gasteiger partial charge in [0.05, 0.1) is 11.0 Å². The van der Waals surface area contributed by atoms with Crippen molar-refractivity contribution >= 4 is 34.2 Å². The number of nitrogens with one attached hydrogen (secondary N) is 1. The summed E-state index contributed by atoms with van der Waals surface area (Å²) in [7, 11) is 0. The summed E-state index contributed by atoms with van der Waals surface area (Å²) in [5.41, 5.74) is 1.76. The fraction of sp³-hybridized carbons (Fsp3) is 0.133.